The molecule has 0 radical (unpaired) electrons. The van der Waals surface area contributed by atoms with Crippen LogP contribution in [0.25, 0.3) is 0 Å². The lowest BCUT2D eigenvalue weighted by molar-refractivity contribution is 0.412. The van der Waals surface area contributed by atoms with Crippen molar-refractivity contribution in [2.45, 2.75) is 13.1 Å². The minimum absolute atomic E-state index is 0.670. The maximum atomic E-state index is 5.17. The summed E-state index contributed by atoms with van der Waals surface area (Å²) >= 11 is 3.46. The normalized spacial score (nSPS) is 10.5. The van der Waals surface area contributed by atoms with E-state index in [2.05, 4.69) is 36.4 Å². The Kier molecular flexibility index (Phi) is 4.11. The van der Waals surface area contributed by atoms with Gasteiger partial charge >= 0.3 is 0 Å². The molecule has 0 bridgehead atoms. The molecule has 0 aliphatic heterocycles. The number of hydrogen-bond acceptors (Lipinski definition) is 4. The molecule has 0 atom stereocenters. The van der Waals surface area contributed by atoms with Gasteiger partial charge in [0.25, 0.3) is 0 Å². The summed E-state index contributed by atoms with van der Waals surface area (Å²) in [7, 11) is 1.65. The van der Waals surface area contributed by atoms with E-state index in [9.17, 15) is 0 Å². The van der Waals surface area contributed by atoms with E-state index in [1.165, 1.54) is 11.9 Å². The summed E-state index contributed by atoms with van der Waals surface area (Å²) in [4.78, 5) is 4.03. The number of aromatic amines is 1. The zero-order chi connectivity index (χ0) is 12.1. The van der Waals surface area contributed by atoms with Crippen LogP contribution in [0.5, 0.6) is 5.75 Å². The minimum atomic E-state index is 0.670. The molecule has 6 heteroatoms. The van der Waals surface area contributed by atoms with E-state index in [1.54, 1.807) is 7.11 Å². The lowest BCUT2D eigenvalue weighted by atomic mass is 10.2. The Labute approximate surface area is 108 Å². The van der Waals surface area contributed by atoms with Gasteiger partial charge in [0.15, 0.2) is 0 Å². The van der Waals surface area contributed by atoms with Gasteiger partial charge in [-0.05, 0) is 33.6 Å². The Hall–Kier alpha value is -1.40. The van der Waals surface area contributed by atoms with Crippen molar-refractivity contribution in [3.8, 4) is 5.75 Å². The Bertz CT molecular complexity index is 472. The monoisotopic (exact) mass is 296 g/mol. The molecule has 0 unspecified atom stereocenters. The van der Waals surface area contributed by atoms with Crippen molar-refractivity contribution in [3.63, 3.8) is 0 Å². The highest BCUT2D eigenvalue weighted by atomic mass is 79.9. The number of aromatic nitrogens is 3. The van der Waals surface area contributed by atoms with Gasteiger partial charge in [0.2, 0.25) is 0 Å². The molecule has 0 aliphatic carbocycles. The number of nitrogens with one attached hydrogen (secondary N) is 2. The Morgan fingerprint density at radius 3 is 2.94 bits per heavy atom. The summed E-state index contributed by atoms with van der Waals surface area (Å²) in [5.41, 5.74) is 1.18. The molecule has 0 amide bonds. The Morgan fingerprint density at radius 2 is 2.29 bits per heavy atom. The van der Waals surface area contributed by atoms with Crippen LogP contribution in [0.1, 0.15) is 11.4 Å². The highest BCUT2D eigenvalue weighted by Gasteiger charge is 2.01. The third kappa shape index (κ3) is 3.28. The summed E-state index contributed by atoms with van der Waals surface area (Å²) in [5, 5.41) is 9.86. The van der Waals surface area contributed by atoms with Crippen molar-refractivity contribution < 1.29 is 4.74 Å². The fourth-order valence-corrected chi connectivity index (χ4v) is 2.05. The lowest BCUT2D eigenvalue weighted by Gasteiger charge is -2.06. The quantitative estimate of drug-likeness (QED) is 0.884. The van der Waals surface area contributed by atoms with E-state index in [1.807, 2.05) is 18.2 Å². The average Bonchev–Trinajstić information content (AvgIpc) is 2.82. The zero-order valence-corrected chi connectivity index (χ0v) is 11.0. The van der Waals surface area contributed by atoms with Crippen molar-refractivity contribution in [2.75, 3.05) is 7.11 Å². The number of halogens is 1. The summed E-state index contributed by atoms with van der Waals surface area (Å²) < 4.78 is 6.13. The van der Waals surface area contributed by atoms with Gasteiger partial charge in [0.1, 0.15) is 17.9 Å². The maximum absolute atomic E-state index is 5.17. The standard InChI is InChI=1S/C11H13BrN4O/c1-17-10-3-2-8(4-9(10)12)5-13-6-11-14-7-15-16-11/h2-4,7,13H,5-6H2,1H3,(H,14,15,16). The second-order valence-corrected chi connectivity index (χ2v) is 4.36. The van der Waals surface area contributed by atoms with Crippen molar-refractivity contribution in [1.29, 1.82) is 0 Å². The number of rotatable bonds is 5. The number of H-pyrrole nitrogens is 1. The smallest absolute Gasteiger partial charge is 0.138 e. The van der Waals surface area contributed by atoms with Crippen LogP contribution >= 0.6 is 15.9 Å². The third-order valence-electron chi connectivity index (χ3n) is 2.30. The largest absolute Gasteiger partial charge is 0.496 e. The molecule has 90 valence electrons. The summed E-state index contributed by atoms with van der Waals surface area (Å²) in [6, 6.07) is 6.00. The van der Waals surface area contributed by atoms with Crippen molar-refractivity contribution >= 4 is 15.9 Å². The van der Waals surface area contributed by atoms with Gasteiger partial charge in [-0.25, -0.2) is 4.98 Å². The molecule has 0 saturated heterocycles. The Balaban J connectivity index is 1.89. The molecule has 2 rings (SSSR count). The molecule has 0 aliphatic rings. The van der Waals surface area contributed by atoms with Gasteiger partial charge in [0.05, 0.1) is 18.1 Å². The Morgan fingerprint density at radius 1 is 1.41 bits per heavy atom. The third-order valence-corrected chi connectivity index (χ3v) is 2.92. The first-order valence-corrected chi connectivity index (χ1v) is 5.96. The first-order chi connectivity index (χ1) is 8.29. The molecular formula is C11H13BrN4O. The van der Waals surface area contributed by atoms with Crippen molar-refractivity contribution in [3.05, 3.63) is 40.4 Å². The van der Waals surface area contributed by atoms with Crippen LogP contribution in [0.4, 0.5) is 0 Å². The number of methoxy groups -OCH3 is 1. The van der Waals surface area contributed by atoms with Gasteiger partial charge in [-0.15, -0.1) is 0 Å². The van der Waals surface area contributed by atoms with E-state index in [0.29, 0.717) is 6.54 Å². The molecule has 1 aromatic carbocycles. The van der Waals surface area contributed by atoms with E-state index in [4.69, 9.17) is 4.74 Å². The van der Waals surface area contributed by atoms with Gasteiger partial charge < -0.3 is 10.1 Å². The fourth-order valence-electron chi connectivity index (χ4n) is 1.46. The van der Waals surface area contributed by atoms with Crippen LogP contribution < -0.4 is 10.1 Å². The molecule has 2 aromatic rings. The molecule has 2 N–H and O–H groups in total. The van der Waals surface area contributed by atoms with E-state index in [0.717, 1.165) is 22.6 Å². The highest BCUT2D eigenvalue weighted by molar-refractivity contribution is 9.10. The van der Waals surface area contributed by atoms with Crippen LogP contribution in [0, 0.1) is 0 Å². The molecule has 0 fully saturated rings. The number of ether oxygens (including phenoxy) is 1. The SMILES string of the molecule is COc1ccc(CNCc2ncn[nH]2)cc1Br. The topological polar surface area (TPSA) is 62.8 Å². The lowest BCUT2D eigenvalue weighted by Crippen LogP contribution is -2.13. The maximum Gasteiger partial charge on any atom is 0.138 e. The van der Waals surface area contributed by atoms with Crippen LogP contribution in [0.3, 0.4) is 0 Å². The molecular weight excluding hydrogens is 284 g/mol. The van der Waals surface area contributed by atoms with Gasteiger partial charge in [-0.2, -0.15) is 5.10 Å². The van der Waals surface area contributed by atoms with Gasteiger partial charge in [0, 0.05) is 6.54 Å². The number of hydrogen-bond donors (Lipinski definition) is 2. The zero-order valence-electron chi connectivity index (χ0n) is 9.40. The second kappa shape index (κ2) is 5.79. The van der Waals surface area contributed by atoms with E-state index >= 15 is 0 Å². The van der Waals surface area contributed by atoms with Crippen LogP contribution in [0.15, 0.2) is 29.0 Å². The molecule has 1 aromatic heterocycles. The predicted molar refractivity (Wildman–Crippen MR) is 67.6 cm³/mol. The fraction of sp³-hybridized carbons (Fsp3) is 0.273. The molecule has 17 heavy (non-hydrogen) atoms. The van der Waals surface area contributed by atoms with Crippen molar-refractivity contribution in [2.24, 2.45) is 0 Å². The average molecular weight is 297 g/mol. The summed E-state index contributed by atoms with van der Waals surface area (Å²) in [5.74, 6) is 1.67. The molecule has 1 heterocycles. The number of nitrogens with zero attached hydrogens (tertiary/aromatic N) is 2. The summed E-state index contributed by atoms with van der Waals surface area (Å²) in [6.45, 7) is 1.44. The van der Waals surface area contributed by atoms with Crippen molar-refractivity contribution in [1.82, 2.24) is 20.5 Å². The van der Waals surface area contributed by atoms with Crippen LogP contribution in [-0.2, 0) is 13.1 Å². The molecule has 0 saturated carbocycles. The summed E-state index contributed by atoms with van der Waals surface area (Å²) in [6.07, 6.45) is 1.50. The van der Waals surface area contributed by atoms with E-state index < -0.39 is 0 Å². The minimum Gasteiger partial charge on any atom is -0.496 e. The first-order valence-electron chi connectivity index (χ1n) is 5.17. The second-order valence-electron chi connectivity index (χ2n) is 3.50. The first kappa shape index (κ1) is 12.1. The van der Waals surface area contributed by atoms with Crippen LogP contribution in [-0.4, -0.2) is 22.3 Å². The number of benzene rings is 1. The van der Waals surface area contributed by atoms with Crippen LogP contribution in [0.2, 0.25) is 0 Å². The predicted octanol–water partition coefficient (Wildman–Crippen LogP) is 1.87. The van der Waals surface area contributed by atoms with Gasteiger partial charge in [-0.1, -0.05) is 6.07 Å². The van der Waals surface area contributed by atoms with E-state index in [-0.39, 0.29) is 0 Å². The highest BCUT2D eigenvalue weighted by Crippen LogP contribution is 2.25. The molecule has 0 spiro atoms. The molecule has 5 nitrogen and oxygen atoms in total. The van der Waals surface area contributed by atoms with Gasteiger partial charge in [-0.3, -0.25) is 5.10 Å².